The monoisotopic (exact) mass is 208 g/mol. The van der Waals surface area contributed by atoms with Gasteiger partial charge in [-0.2, -0.15) is 0 Å². The van der Waals surface area contributed by atoms with E-state index in [1.807, 2.05) is 12.1 Å². The van der Waals surface area contributed by atoms with Gasteiger partial charge in [0.2, 0.25) is 5.91 Å². The van der Waals surface area contributed by atoms with Crippen molar-refractivity contribution in [3.63, 3.8) is 0 Å². The average Bonchev–Trinajstić information content (AvgIpc) is 2.86. The molecule has 4 nitrogen and oxygen atoms in total. The van der Waals surface area contributed by atoms with Crippen LogP contribution in [-0.2, 0) is 11.3 Å². The van der Waals surface area contributed by atoms with Gasteiger partial charge < -0.3 is 15.1 Å². The van der Waals surface area contributed by atoms with E-state index in [4.69, 9.17) is 4.42 Å². The molecule has 1 amide bonds. The summed E-state index contributed by atoms with van der Waals surface area (Å²) in [5.41, 5.74) is 0. The number of hydrogen-bond donors (Lipinski definition) is 2. The molecule has 4 heteroatoms. The van der Waals surface area contributed by atoms with Gasteiger partial charge in [-0.25, -0.2) is 0 Å². The van der Waals surface area contributed by atoms with Gasteiger partial charge in [-0.05, 0) is 31.5 Å². The molecule has 82 valence electrons. The molecule has 1 aliphatic rings. The molecule has 1 aromatic rings. The zero-order chi connectivity index (χ0) is 10.5. The van der Waals surface area contributed by atoms with Crippen LogP contribution in [0.2, 0.25) is 0 Å². The lowest BCUT2D eigenvalue weighted by Gasteiger charge is -2.09. The summed E-state index contributed by atoms with van der Waals surface area (Å²) in [5.74, 6) is 0.883. The first-order valence-corrected chi connectivity index (χ1v) is 5.37. The second kappa shape index (κ2) is 4.98. The molecule has 1 atom stereocenters. The Hall–Kier alpha value is -1.29. The summed E-state index contributed by atoms with van der Waals surface area (Å²) in [4.78, 5) is 11.5. The molecule has 0 spiro atoms. The van der Waals surface area contributed by atoms with E-state index in [2.05, 4.69) is 10.6 Å². The summed E-state index contributed by atoms with van der Waals surface area (Å²) in [7, 11) is 0. The molecule has 0 radical (unpaired) electrons. The van der Waals surface area contributed by atoms with Gasteiger partial charge in [0.25, 0.3) is 0 Å². The summed E-state index contributed by atoms with van der Waals surface area (Å²) in [6, 6.07) is 4.04. The van der Waals surface area contributed by atoms with E-state index in [-0.39, 0.29) is 5.91 Å². The molecule has 1 aliphatic heterocycles. The molecule has 2 rings (SSSR count). The first-order chi connectivity index (χ1) is 7.34. The molecule has 15 heavy (non-hydrogen) atoms. The Bertz CT molecular complexity index is 302. The van der Waals surface area contributed by atoms with Crippen LogP contribution in [0.25, 0.3) is 0 Å². The Balaban J connectivity index is 1.68. The number of rotatable bonds is 4. The molecule has 1 fully saturated rings. The van der Waals surface area contributed by atoms with Crippen molar-refractivity contribution >= 4 is 5.91 Å². The predicted molar refractivity (Wildman–Crippen MR) is 56.2 cm³/mol. The summed E-state index contributed by atoms with van der Waals surface area (Å²) >= 11 is 0. The zero-order valence-corrected chi connectivity index (χ0v) is 8.66. The zero-order valence-electron chi connectivity index (χ0n) is 8.66. The topological polar surface area (TPSA) is 54.3 Å². The first-order valence-electron chi connectivity index (χ1n) is 5.37. The Morgan fingerprint density at radius 2 is 2.60 bits per heavy atom. The van der Waals surface area contributed by atoms with Crippen molar-refractivity contribution in [3.05, 3.63) is 24.2 Å². The highest BCUT2D eigenvalue weighted by atomic mass is 16.3. The van der Waals surface area contributed by atoms with Gasteiger partial charge >= 0.3 is 0 Å². The van der Waals surface area contributed by atoms with Crippen LogP contribution in [0, 0.1) is 0 Å². The third kappa shape index (κ3) is 3.09. The fraction of sp³-hybridized carbons (Fsp3) is 0.545. The minimum absolute atomic E-state index is 0.0887. The normalized spacial score (nSPS) is 20.4. The lowest BCUT2D eigenvalue weighted by molar-refractivity contribution is -0.121. The number of nitrogens with one attached hydrogen (secondary N) is 2. The number of hydrogen-bond acceptors (Lipinski definition) is 3. The van der Waals surface area contributed by atoms with E-state index < -0.39 is 0 Å². The van der Waals surface area contributed by atoms with Crippen LogP contribution in [0.15, 0.2) is 22.8 Å². The molecule has 0 bridgehead atoms. The van der Waals surface area contributed by atoms with Crippen LogP contribution < -0.4 is 10.6 Å². The van der Waals surface area contributed by atoms with E-state index in [1.165, 1.54) is 6.42 Å². The number of carbonyl (C=O) groups excluding carboxylic acids is 1. The molecule has 0 aromatic carbocycles. The average molecular weight is 208 g/mol. The van der Waals surface area contributed by atoms with Crippen molar-refractivity contribution in [2.24, 2.45) is 0 Å². The highest BCUT2D eigenvalue weighted by molar-refractivity contribution is 5.76. The van der Waals surface area contributed by atoms with Gasteiger partial charge in [-0.15, -0.1) is 0 Å². The van der Waals surface area contributed by atoms with Gasteiger partial charge in [0.1, 0.15) is 5.76 Å². The minimum atomic E-state index is 0.0887. The first kappa shape index (κ1) is 10.2. The maximum absolute atomic E-state index is 11.5. The van der Waals surface area contributed by atoms with Crippen molar-refractivity contribution in [1.82, 2.24) is 10.6 Å². The Kier molecular flexibility index (Phi) is 3.40. The number of amides is 1. The van der Waals surface area contributed by atoms with E-state index in [0.29, 0.717) is 19.0 Å². The number of carbonyl (C=O) groups is 1. The van der Waals surface area contributed by atoms with Gasteiger partial charge in [-0.1, -0.05) is 0 Å². The summed E-state index contributed by atoms with van der Waals surface area (Å²) in [6.07, 6.45) is 4.46. The van der Waals surface area contributed by atoms with E-state index >= 15 is 0 Å². The van der Waals surface area contributed by atoms with Crippen LogP contribution in [0.3, 0.4) is 0 Å². The largest absolute Gasteiger partial charge is 0.467 e. The lowest BCUT2D eigenvalue weighted by atomic mass is 10.1. The SMILES string of the molecule is O=C(CC1CCCN1)NCc1ccco1. The smallest absolute Gasteiger partial charge is 0.221 e. The summed E-state index contributed by atoms with van der Waals surface area (Å²) in [6.45, 7) is 1.52. The third-order valence-corrected chi connectivity index (χ3v) is 2.63. The summed E-state index contributed by atoms with van der Waals surface area (Å²) in [5, 5.41) is 6.14. The second-order valence-corrected chi connectivity index (χ2v) is 3.85. The van der Waals surface area contributed by atoms with Crippen molar-refractivity contribution in [2.75, 3.05) is 6.54 Å². The van der Waals surface area contributed by atoms with Gasteiger partial charge in [0.05, 0.1) is 12.8 Å². The fourth-order valence-electron chi connectivity index (χ4n) is 1.83. The minimum Gasteiger partial charge on any atom is -0.467 e. The van der Waals surface area contributed by atoms with Gasteiger partial charge in [-0.3, -0.25) is 4.79 Å². The molecule has 1 unspecified atom stereocenters. The van der Waals surface area contributed by atoms with Crippen molar-refractivity contribution in [2.45, 2.75) is 31.8 Å². The predicted octanol–water partition coefficient (Wildman–Crippen LogP) is 1.04. The molecule has 1 aromatic heterocycles. The standard InChI is InChI=1S/C11H16N2O2/c14-11(7-9-3-1-5-12-9)13-8-10-4-2-6-15-10/h2,4,6,9,12H,1,3,5,7-8H2,(H,13,14). The van der Waals surface area contributed by atoms with Crippen molar-refractivity contribution < 1.29 is 9.21 Å². The van der Waals surface area contributed by atoms with E-state index in [9.17, 15) is 4.79 Å². The molecule has 2 heterocycles. The highest BCUT2D eigenvalue weighted by Gasteiger charge is 2.17. The van der Waals surface area contributed by atoms with Crippen LogP contribution in [0.4, 0.5) is 0 Å². The van der Waals surface area contributed by atoms with Crippen molar-refractivity contribution in [1.29, 1.82) is 0 Å². The lowest BCUT2D eigenvalue weighted by Crippen LogP contribution is -2.31. The Morgan fingerprint density at radius 1 is 1.67 bits per heavy atom. The fourth-order valence-corrected chi connectivity index (χ4v) is 1.83. The van der Waals surface area contributed by atoms with E-state index in [0.717, 1.165) is 18.7 Å². The quantitative estimate of drug-likeness (QED) is 0.777. The Morgan fingerprint density at radius 3 is 3.27 bits per heavy atom. The Labute approximate surface area is 89.0 Å². The van der Waals surface area contributed by atoms with Crippen LogP contribution in [0.1, 0.15) is 25.0 Å². The molecule has 0 aliphatic carbocycles. The van der Waals surface area contributed by atoms with Crippen molar-refractivity contribution in [3.8, 4) is 0 Å². The maximum Gasteiger partial charge on any atom is 0.221 e. The van der Waals surface area contributed by atoms with E-state index in [1.54, 1.807) is 6.26 Å². The summed E-state index contributed by atoms with van der Waals surface area (Å²) < 4.78 is 5.12. The van der Waals surface area contributed by atoms with Crippen LogP contribution in [-0.4, -0.2) is 18.5 Å². The molecule has 2 N–H and O–H groups in total. The third-order valence-electron chi connectivity index (χ3n) is 2.63. The maximum atomic E-state index is 11.5. The van der Waals surface area contributed by atoms with Gasteiger partial charge in [0.15, 0.2) is 0 Å². The number of furan rings is 1. The molecule has 1 saturated heterocycles. The molecule has 0 saturated carbocycles. The molecular weight excluding hydrogens is 192 g/mol. The second-order valence-electron chi connectivity index (χ2n) is 3.85. The highest BCUT2D eigenvalue weighted by Crippen LogP contribution is 2.08. The van der Waals surface area contributed by atoms with Crippen LogP contribution >= 0.6 is 0 Å². The van der Waals surface area contributed by atoms with Crippen LogP contribution in [0.5, 0.6) is 0 Å². The molecular formula is C11H16N2O2. The van der Waals surface area contributed by atoms with Gasteiger partial charge in [0, 0.05) is 12.5 Å².